The SMILES string of the molecule is CCCn1ncnc1CNCCC1CCCCO1. The highest BCUT2D eigenvalue weighted by atomic mass is 16.5. The monoisotopic (exact) mass is 252 g/mol. The molecule has 1 fully saturated rings. The third kappa shape index (κ3) is 4.07. The van der Waals surface area contributed by atoms with Gasteiger partial charge in [0.25, 0.3) is 0 Å². The van der Waals surface area contributed by atoms with Gasteiger partial charge in [0.05, 0.1) is 12.6 Å². The van der Waals surface area contributed by atoms with Gasteiger partial charge in [0, 0.05) is 13.2 Å². The molecule has 0 amide bonds. The number of ether oxygens (including phenoxy) is 1. The van der Waals surface area contributed by atoms with E-state index in [2.05, 4.69) is 22.3 Å². The molecule has 2 rings (SSSR count). The van der Waals surface area contributed by atoms with Crippen molar-refractivity contribution in [1.29, 1.82) is 0 Å². The van der Waals surface area contributed by atoms with Crippen LogP contribution in [0.25, 0.3) is 0 Å². The van der Waals surface area contributed by atoms with Crippen LogP contribution in [0.4, 0.5) is 0 Å². The molecule has 5 nitrogen and oxygen atoms in total. The molecular formula is C13H24N4O. The Morgan fingerprint density at radius 3 is 3.22 bits per heavy atom. The number of aryl methyl sites for hydroxylation is 1. The Hall–Kier alpha value is -0.940. The van der Waals surface area contributed by atoms with E-state index >= 15 is 0 Å². The largest absolute Gasteiger partial charge is 0.378 e. The van der Waals surface area contributed by atoms with Gasteiger partial charge in [-0.2, -0.15) is 5.10 Å². The van der Waals surface area contributed by atoms with Gasteiger partial charge >= 0.3 is 0 Å². The molecule has 1 N–H and O–H groups in total. The molecule has 1 aromatic rings. The summed E-state index contributed by atoms with van der Waals surface area (Å²) in [6.07, 6.45) is 8.04. The smallest absolute Gasteiger partial charge is 0.140 e. The summed E-state index contributed by atoms with van der Waals surface area (Å²) in [4.78, 5) is 4.28. The minimum Gasteiger partial charge on any atom is -0.378 e. The molecule has 1 aliphatic heterocycles. The molecule has 1 saturated heterocycles. The van der Waals surface area contributed by atoms with Crippen molar-refractivity contribution in [3.63, 3.8) is 0 Å². The van der Waals surface area contributed by atoms with Crippen LogP contribution in [0.2, 0.25) is 0 Å². The van der Waals surface area contributed by atoms with Gasteiger partial charge in [-0.05, 0) is 38.6 Å². The third-order valence-electron chi connectivity index (χ3n) is 3.33. The van der Waals surface area contributed by atoms with Crippen LogP contribution in [-0.2, 0) is 17.8 Å². The second-order valence-electron chi connectivity index (χ2n) is 4.85. The van der Waals surface area contributed by atoms with Gasteiger partial charge in [0.1, 0.15) is 12.2 Å². The molecule has 102 valence electrons. The predicted molar refractivity (Wildman–Crippen MR) is 70.2 cm³/mol. The molecule has 0 aromatic carbocycles. The minimum atomic E-state index is 0.458. The fourth-order valence-electron chi connectivity index (χ4n) is 2.32. The summed E-state index contributed by atoms with van der Waals surface area (Å²) in [6, 6.07) is 0. The van der Waals surface area contributed by atoms with Gasteiger partial charge in [-0.25, -0.2) is 9.67 Å². The summed E-state index contributed by atoms with van der Waals surface area (Å²) in [5.41, 5.74) is 0. The first-order valence-corrected chi connectivity index (χ1v) is 7.09. The van der Waals surface area contributed by atoms with Crippen molar-refractivity contribution >= 4 is 0 Å². The van der Waals surface area contributed by atoms with Crippen molar-refractivity contribution < 1.29 is 4.74 Å². The Labute approximate surface area is 109 Å². The molecule has 1 aliphatic rings. The quantitative estimate of drug-likeness (QED) is 0.751. The van der Waals surface area contributed by atoms with Crippen LogP contribution in [0.15, 0.2) is 6.33 Å². The molecule has 1 aromatic heterocycles. The van der Waals surface area contributed by atoms with E-state index in [-0.39, 0.29) is 0 Å². The van der Waals surface area contributed by atoms with E-state index in [0.717, 1.165) is 44.9 Å². The highest BCUT2D eigenvalue weighted by Gasteiger charge is 2.13. The summed E-state index contributed by atoms with van der Waals surface area (Å²) < 4.78 is 7.68. The summed E-state index contributed by atoms with van der Waals surface area (Å²) in [7, 11) is 0. The summed E-state index contributed by atoms with van der Waals surface area (Å²) in [5, 5.41) is 7.65. The van der Waals surface area contributed by atoms with E-state index in [1.165, 1.54) is 19.3 Å². The molecule has 18 heavy (non-hydrogen) atoms. The fraction of sp³-hybridized carbons (Fsp3) is 0.846. The van der Waals surface area contributed by atoms with E-state index in [4.69, 9.17) is 4.74 Å². The lowest BCUT2D eigenvalue weighted by Crippen LogP contribution is -2.26. The molecule has 0 aliphatic carbocycles. The fourth-order valence-corrected chi connectivity index (χ4v) is 2.32. The van der Waals surface area contributed by atoms with Gasteiger partial charge in [-0.1, -0.05) is 6.92 Å². The second-order valence-corrected chi connectivity index (χ2v) is 4.85. The first-order valence-electron chi connectivity index (χ1n) is 7.09. The zero-order valence-electron chi connectivity index (χ0n) is 11.3. The van der Waals surface area contributed by atoms with Crippen LogP contribution in [0.3, 0.4) is 0 Å². The second kappa shape index (κ2) is 7.48. The van der Waals surface area contributed by atoms with Gasteiger partial charge in [0.2, 0.25) is 0 Å². The van der Waals surface area contributed by atoms with Crippen LogP contribution in [0.5, 0.6) is 0 Å². The van der Waals surface area contributed by atoms with Crippen molar-refractivity contribution in [2.75, 3.05) is 13.2 Å². The zero-order valence-corrected chi connectivity index (χ0v) is 11.3. The maximum atomic E-state index is 5.70. The lowest BCUT2D eigenvalue weighted by molar-refractivity contribution is 0.0115. The van der Waals surface area contributed by atoms with Crippen molar-refractivity contribution in [1.82, 2.24) is 20.1 Å². The molecule has 0 radical (unpaired) electrons. The standard InChI is InChI=1S/C13H24N4O/c1-2-8-17-13(15-11-16-17)10-14-7-6-12-5-3-4-9-18-12/h11-12,14H,2-10H2,1H3. The van der Waals surface area contributed by atoms with Crippen molar-refractivity contribution in [3.05, 3.63) is 12.2 Å². The zero-order chi connectivity index (χ0) is 12.6. The maximum absolute atomic E-state index is 5.70. The van der Waals surface area contributed by atoms with E-state index in [9.17, 15) is 0 Å². The first kappa shape index (κ1) is 13.5. The predicted octanol–water partition coefficient (Wildman–Crippen LogP) is 1.74. The van der Waals surface area contributed by atoms with Crippen LogP contribution in [0, 0.1) is 0 Å². The van der Waals surface area contributed by atoms with Crippen molar-refractivity contribution in [2.24, 2.45) is 0 Å². The molecular weight excluding hydrogens is 228 g/mol. The number of rotatable bonds is 7. The molecule has 0 saturated carbocycles. The van der Waals surface area contributed by atoms with Gasteiger partial charge in [0.15, 0.2) is 0 Å². The van der Waals surface area contributed by atoms with Gasteiger partial charge in [-0.3, -0.25) is 0 Å². The van der Waals surface area contributed by atoms with Gasteiger partial charge < -0.3 is 10.1 Å². The third-order valence-corrected chi connectivity index (χ3v) is 3.33. The number of nitrogens with zero attached hydrogens (tertiary/aromatic N) is 3. The van der Waals surface area contributed by atoms with Crippen LogP contribution < -0.4 is 5.32 Å². The van der Waals surface area contributed by atoms with Crippen molar-refractivity contribution in [2.45, 2.75) is 58.2 Å². The van der Waals surface area contributed by atoms with E-state index in [1.54, 1.807) is 6.33 Å². The summed E-state index contributed by atoms with van der Waals surface area (Å²) >= 11 is 0. The highest BCUT2D eigenvalue weighted by molar-refractivity contribution is 4.83. The van der Waals surface area contributed by atoms with E-state index in [1.807, 2.05) is 4.68 Å². The lowest BCUT2D eigenvalue weighted by atomic mass is 10.1. The minimum absolute atomic E-state index is 0.458. The van der Waals surface area contributed by atoms with E-state index < -0.39 is 0 Å². The number of nitrogens with one attached hydrogen (secondary N) is 1. The molecule has 5 heteroatoms. The number of aromatic nitrogens is 3. The molecule has 0 spiro atoms. The Morgan fingerprint density at radius 2 is 2.44 bits per heavy atom. The lowest BCUT2D eigenvalue weighted by Gasteiger charge is -2.22. The van der Waals surface area contributed by atoms with Crippen LogP contribution in [-0.4, -0.2) is 34.0 Å². The Bertz CT molecular complexity index is 333. The number of hydrogen-bond acceptors (Lipinski definition) is 4. The molecule has 1 unspecified atom stereocenters. The molecule has 1 atom stereocenters. The van der Waals surface area contributed by atoms with Crippen molar-refractivity contribution in [3.8, 4) is 0 Å². The van der Waals surface area contributed by atoms with Crippen LogP contribution in [0.1, 0.15) is 44.9 Å². The summed E-state index contributed by atoms with van der Waals surface area (Å²) in [5.74, 6) is 1.03. The number of hydrogen-bond donors (Lipinski definition) is 1. The Kier molecular flexibility index (Phi) is 5.61. The van der Waals surface area contributed by atoms with Crippen LogP contribution >= 0.6 is 0 Å². The average molecular weight is 252 g/mol. The molecule has 0 bridgehead atoms. The van der Waals surface area contributed by atoms with E-state index in [0.29, 0.717) is 6.10 Å². The normalized spacial score (nSPS) is 20.2. The Morgan fingerprint density at radius 1 is 1.50 bits per heavy atom. The average Bonchev–Trinajstić information content (AvgIpc) is 2.84. The highest BCUT2D eigenvalue weighted by Crippen LogP contribution is 2.14. The Balaban J connectivity index is 1.63. The maximum Gasteiger partial charge on any atom is 0.140 e. The molecule has 2 heterocycles. The van der Waals surface area contributed by atoms with Gasteiger partial charge in [-0.15, -0.1) is 0 Å². The summed E-state index contributed by atoms with van der Waals surface area (Å²) in [6.45, 7) is 5.83. The first-order chi connectivity index (χ1) is 8.90. The topological polar surface area (TPSA) is 52.0 Å².